The van der Waals surface area contributed by atoms with Gasteiger partial charge in [0.15, 0.2) is 0 Å². The Morgan fingerprint density at radius 3 is 2.39 bits per heavy atom. The van der Waals surface area contributed by atoms with Crippen LogP contribution in [0.5, 0.6) is 0 Å². The molecule has 0 aliphatic rings. The fourth-order valence-corrected chi connectivity index (χ4v) is 2.35. The molecule has 18 heavy (non-hydrogen) atoms. The molecule has 3 N–H and O–H groups in total. The van der Waals surface area contributed by atoms with Gasteiger partial charge in [0, 0.05) is 10.0 Å². The van der Waals surface area contributed by atoms with E-state index in [4.69, 9.17) is 29.0 Å². The number of hydrogen-bond donors (Lipinski definition) is 2. The van der Waals surface area contributed by atoms with Gasteiger partial charge >= 0.3 is 0 Å². The molecule has 0 spiro atoms. The van der Waals surface area contributed by atoms with Crippen LogP contribution in [0.3, 0.4) is 0 Å². The zero-order valence-electron chi connectivity index (χ0n) is 9.74. The lowest BCUT2D eigenvalue weighted by Crippen LogP contribution is -2.29. The van der Waals surface area contributed by atoms with Crippen molar-refractivity contribution in [2.24, 2.45) is 5.84 Å². The van der Waals surface area contributed by atoms with Crippen LogP contribution < -0.4 is 11.3 Å². The Hall–Kier alpha value is -1.06. The zero-order chi connectivity index (χ0) is 13.0. The SMILES string of the molecule is NNC(Cc1ccc(Cl)cc1Cl)c1ccccc1. The Labute approximate surface area is 117 Å². The molecule has 0 aliphatic heterocycles. The third-order valence-electron chi connectivity index (χ3n) is 2.84. The van der Waals surface area contributed by atoms with Crippen LogP contribution in [-0.4, -0.2) is 0 Å². The number of nitrogens with one attached hydrogen (secondary N) is 1. The van der Waals surface area contributed by atoms with Crippen LogP contribution in [-0.2, 0) is 6.42 Å². The Balaban J connectivity index is 2.21. The largest absolute Gasteiger partial charge is 0.271 e. The van der Waals surface area contributed by atoms with Crippen molar-refractivity contribution in [2.45, 2.75) is 12.5 Å². The van der Waals surface area contributed by atoms with Crippen LogP contribution in [0, 0.1) is 0 Å². The van der Waals surface area contributed by atoms with Crippen LogP contribution in [0.25, 0.3) is 0 Å². The van der Waals surface area contributed by atoms with Crippen molar-refractivity contribution in [3.05, 3.63) is 69.7 Å². The molecule has 1 unspecified atom stereocenters. The maximum Gasteiger partial charge on any atom is 0.0500 e. The molecular formula is C14H14Cl2N2. The number of halogens is 2. The van der Waals surface area contributed by atoms with E-state index in [2.05, 4.69) is 5.43 Å². The van der Waals surface area contributed by atoms with Crippen molar-refractivity contribution in [3.63, 3.8) is 0 Å². The van der Waals surface area contributed by atoms with Crippen molar-refractivity contribution in [2.75, 3.05) is 0 Å². The fourth-order valence-electron chi connectivity index (χ4n) is 1.87. The number of rotatable bonds is 4. The van der Waals surface area contributed by atoms with Gasteiger partial charge in [-0.25, -0.2) is 0 Å². The summed E-state index contributed by atoms with van der Waals surface area (Å²) in [5.74, 6) is 5.61. The summed E-state index contributed by atoms with van der Waals surface area (Å²) in [6.07, 6.45) is 0.719. The standard InChI is InChI=1S/C14H14Cl2N2/c15-12-7-6-11(13(16)9-12)8-14(18-17)10-4-2-1-3-5-10/h1-7,9,14,18H,8,17H2. The molecule has 94 valence electrons. The Morgan fingerprint density at radius 2 is 1.78 bits per heavy atom. The van der Waals surface area contributed by atoms with Gasteiger partial charge < -0.3 is 0 Å². The normalized spacial score (nSPS) is 12.4. The van der Waals surface area contributed by atoms with Crippen molar-refractivity contribution in [3.8, 4) is 0 Å². The van der Waals surface area contributed by atoms with E-state index in [1.165, 1.54) is 0 Å². The summed E-state index contributed by atoms with van der Waals surface area (Å²) in [5, 5.41) is 1.30. The van der Waals surface area contributed by atoms with Gasteiger partial charge in [-0.1, -0.05) is 59.6 Å². The highest BCUT2D eigenvalue weighted by molar-refractivity contribution is 6.35. The number of nitrogens with two attached hydrogens (primary N) is 1. The number of hydrazine groups is 1. The van der Waals surface area contributed by atoms with Gasteiger partial charge in [0.25, 0.3) is 0 Å². The summed E-state index contributed by atoms with van der Waals surface area (Å²) in [4.78, 5) is 0. The summed E-state index contributed by atoms with van der Waals surface area (Å²) in [6, 6.07) is 15.6. The van der Waals surface area contributed by atoms with Crippen LogP contribution in [0.2, 0.25) is 10.0 Å². The van der Waals surface area contributed by atoms with Gasteiger partial charge in [-0.05, 0) is 29.7 Å². The highest BCUT2D eigenvalue weighted by Gasteiger charge is 2.12. The second-order valence-corrected chi connectivity index (χ2v) is 4.91. The maximum absolute atomic E-state index is 6.16. The van der Waals surface area contributed by atoms with E-state index in [1.54, 1.807) is 6.07 Å². The molecule has 2 aromatic carbocycles. The third kappa shape index (κ3) is 3.24. The molecule has 0 saturated carbocycles. The predicted molar refractivity (Wildman–Crippen MR) is 76.7 cm³/mol. The van der Waals surface area contributed by atoms with Gasteiger partial charge in [-0.15, -0.1) is 0 Å². The lowest BCUT2D eigenvalue weighted by atomic mass is 9.99. The first-order valence-corrected chi connectivity index (χ1v) is 6.41. The lowest BCUT2D eigenvalue weighted by Gasteiger charge is -2.17. The summed E-state index contributed by atoms with van der Waals surface area (Å²) >= 11 is 12.0. The quantitative estimate of drug-likeness (QED) is 0.661. The molecule has 4 heteroatoms. The second-order valence-electron chi connectivity index (χ2n) is 4.07. The van der Waals surface area contributed by atoms with Crippen LogP contribution >= 0.6 is 23.2 Å². The predicted octanol–water partition coefficient (Wildman–Crippen LogP) is 3.74. The van der Waals surface area contributed by atoms with Crippen molar-refractivity contribution >= 4 is 23.2 Å². The lowest BCUT2D eigenvalue weighted by molar-refractivity contribution is 0.552. The van der Waals surface area contributed by atoms with E-state index in [9.17, 15) is 0 Å². The van der Waals surface area contributed by atoms with Crippen LogP contribution in [0.1, 0.15) is 17.2 Å². The average Bonchev–Trinajstić information content (AvgIpc) is 2.39. The summed E-state index contributed by atoms with van der Waals surface area (Å²) in [7, 11) is 0. The minimum absolute atomic E-state index is 0.0323. The molecular weight excluding hydrogens is 267 g/mol. The molecule has 0 aromatic heterocycles. The summed E-state index contributed by atoms with van der Waals surface area (Å²) < 4.78 is 0. The molecule has 0 saturated heterocycles. The Morgan fingerprint density at radius 1 is 1.06 bits per heavy atom. The van der Waals surface area contributed by atoms with E-state index >= 15 is 0 Å². The van der Waals surface area contributed by atoms with E-state index in [-0.39, 0.29) is 6.04 Å². The zero-order valence-corrected chi connectivity index (χ0v) is 11.2. The minimum Gasteiger partial charge on any atom is -0.271 e. The highest BCUT2D eigenvalue weighted by atomic mass is 35.5. The molecule has 2 rings (SSSR count). The molecule has 0 fully saturated rings. The molecule has 2 aromatic rings. The van der Waals surface area contributed by atoms with E-state index in [0.717, 1.165) is 17.5 Å². The van der Waals surface area contributed by atoms with Gasteiger partial charge in [0.05, 0.1) is 6.04 Å². The summed E-state index contributed by atoms with van der Waals surface area (Å²) in [5.41, 5.74) is 4.97. The first-order chi connectivity index (χ1) is 8.70. The van der Waals surface area contributed by atoms with Crippen LogP contribution in [0.4, 0.5) is 0 Å². The van der Waals surface area contributed by atoms with Gasteiger partial charge in [-0.3, -0.25) is 11.3 Å². The van der Waals surface area contributed by atoms with Gasteiger partial charge in [-0.2, -0.15) is 0 Å². The Bertz CT molecular complexity index is 514. The topological polar surface area (TPSA) is 38.0 Å². The Kier molecular flexibility index (Phi) is 4.61. The maximum atomic E-state index is 6.16. The van der Waals surface area contributed by atoms with Gasteiger partial charge in [0.2, 0.25) is 0 Å². The molecule has 0 bridgehead atoms. The fraction of sp³-hybridized carbons (Fsp3) is 0.143. The molecule has 0 radical (unpaired) electrons. The monoisotopic (exact) mass is 280 g/mol. The van der Waals surface area contributed by atoms with Crippen molar-refractivity contribution < 1.29 is 0 Å². The first kappa shape index (κ1) is 13.4. The van der Waals surface area contributed by atoms with E-state index in [0.29, 0.717) is 10.0 Å². The number of hydrogen-bond acceptors (Lipinski definition) is 2. The van der Waals surface area contributed by atoms with Crippen molar-refractivity contribution in [1.29, 1.82) is 0 Å². The number of benzene rings is 2. The average molecular weight is 281 g/mol. The van der Waals surface area contributed by atoms with E-state index < -0.39 is 0 Å². The molecule has 0 amide bonds. The first-order valence-electron chi connectivity index (χ1n) is 5.65. The summed E-state index contributed by atoms with van der Waals surface area (Å²) in [6.45, 7) is 0. The second kappa shape index (κ2) is 6.21. The van der Waals surface area contributed by atoms with E-state index in [1.807, 2.05) is 42.5 Å². The van der Waals surface area contributed by atoms with Gasteiger partial charge in [0.1, 0.15) is 0 Å². The molecule has 1 atom stereocenters. The highest BCUT2D eigenvalue weighted by Crippen LogP contribution is 2.25. The minimum atomic E-state index is 0.0323. The third-order valence-corrected chi connectivity index (χ3v) is 3.43. The smallest absolute Gasteiger partial charge is 0.0500 e. The van der Waals surface area contributed by atoms with Crippen LogP contribution in [0.15, 0.2) is 48.5 Å². The molecule has 0 heterocycles. The molecule has 0 aliphatic carbocycles. The van der Waals surface area contributed by atoms with Crippen molar-refractivity contribution in [1.82, 2.24) is 5.43 Å². The molecule has 2 nitrogen and oxygen atoms in total.